The van der Waals surface area contributed by atoms with Crippen molar-refractivity contribution in [3.8, 4) is 0 Å². The van der Waals surface area contributed by atoms with E-state index in [4.69, 9.17) is 17.3 Å². The van der Waals surface area contributed by atoms with Crippen LogP contribution in [-0.2, 0) is 6.54 Å². The van der Waals surface area contributed by atoms with Crippen molar-refractivity contribution in [2.24, 2.45) is 5.73 Å². The van der Waals surface area contributed by atoms with Gasteiger partial charge in [-0.05, 0) is 52.3 Å². The summed E-state index contributed by atoms with van der Waals surface area (Å²) in [6.45, 7) is 1.12. The molecule has 2 N–H and O–H groups in total. The highest BCUT2D eigenvalue weighted by Gasteiger charge is 2.17. The van der Waals surface area contributed by atoms with Crippen molar-refractivity contribution in [1.82, 2.24) is 4.90 Å². The molecule has 0 bridgehead atoms. The average Bonchev–Trinajstić information content (AvgIpc) is 2.46. The van der Waals surface area contributed by atoms with Crippen LogP contribution in [0.5, 0.6) is 0 Å². The normalized spacial score (nSPS) is 12.7. The number of likely N-dealkylation sites (N-methyl/N-ethyl adjacent to an activating group) is 1. The predicted octanol–water partition coefficient (Wildman–Crippen LogP) is 4.37. The molecule has 0 spiro atoms. The van der Waals surface area contributed by atoms with Crippen LogP contribution in [0.2, 0.25) is 5.02 Å². The Kier molecular flexibility index (Phi) is 5.76. The molecule has 2 rings (SSSR count). The summed E-state index contributed by atoms with van der Waals surface area (Å²) in [5.41, 5.74) is 7.92. The predicted molar refractivity (Wildman–Crippen MR) is 88.8 cm³/mol. The molecular formula is C16H17BrClFN2. The molecule has 2 aromatic rings. The highest BCUT2D eigenvalue weighted by atomic mass is 79.9. The first kappa shape index (κ1) is 16.4. The molecule has 1 atom stereocenters. The van der Waals surface area contributed by atoms with Crippen molar-refractivity contribution in [1.29, 1.82) is 0 Å². The van der Waals surface area contributed by atoms with Crippen molar-refractivity contribution in [2.75, 3.05) is 13.6 Å². The van der Waals surface area contributed by atoms with E-state index in [1.54, 1.807) is 12.1 Å². The highest BCUT2D eigenvalue weighted by Crippen LogP contribution is 2.26. The van der Waals surface area contributed by atoms with Crippen LogP contribution in [0.25, 0.3) is 0 Å². The van der Waals surface area contributed by atoms with Gasteiger partial charge in [0.05, 0.1) is 4.47 Å². The molecule has 0 aliphatic heterocycles. The first-order valence-electron chi connectivity index (χ1n) is 6.61. The van der Waals surface area contributed by atoms with Gasteiger partial charge in [0.1, 0.15) is 5.82 Å². The van der Waals surface area contributed by atoms with E-state index >= 15 is 0 Å². The molecule has 0 saturated heterocycles. The molecule has 0 aromatic heterocycles. The van der Waals surface area contributed by atoms with Crippen LogP contribution in [0.3, 0.4) is 0 Å². The summed E-state index contributed by atoms with van der Waals surface area (Å²) in [5, 5.41) is 0.736. The van der Waals surface area contributed by atoms with Crippen LogP contribution in [-0.4, -0.2) is 18.5 Å². The lowest BCUT2D eigenvalue weighted by atomic mass is 10.0. The fourth-order valence-corrected chi connectivity index (χ4v) is 2.89. The van der Waals surface area contributed by atoms with Gasteiger partial charge in [0.25, 0.3) is 0 Å². The summed E-state index contributed by atoms with van der Waals surface area (Å²) in [5.74, 6) is -0.275. The van der Waals surface area contributed by atoms with E-state index in [2.05, 4.69) is 20.8 Å². The Hall–Kier alpha value is -0.940. The SMILES string of the molecule is CN(Cc1ccccc1Cl)C(CN)c1ccc(F)c(Br)c1. The monoisotopic (exact) mass is 370 g/mol. The molecule has 0 saturated carbocycles. The molecule has 2 nitrogen and oxygen atoms in total. The minimum atomic E-state index is -0.275. The van der Waals surface area contributed by atoms with E-state index < -0.39 is 0 Å². The zero-order chi connectivity index (χ0) is 15.4. The quantitative estimate of drug-likeness (QED) is 0.845. The van der Waals surface area contributed by atoms with Crippen molar-refractivity contribution in [2.45, 2.75) is 12.6 Å². The summed E-state index contributed by atoms with van der Waals surface area (Å²) < 4.78 is 13.8. The number of hydrogen-bond acceptors (Lipinski definition) is 2. The van der Waals surface area contributed by atoms with Crippen LogP contribution in [0, 0.1) is 5.82 Å². The van der Waals surface area contributed by atoms with Crippen molar-refractivity contribution < 1.29 is 4.39 Å². The van der Waals surface area contributed by atoms with Crippen molar-refractivity contribution >= 4 is 27.5 Å². The number of nitrogens with two attached hydrogens (primary N) is 1. The first-order valence-corrected chi connectivity index (χ1v) is 7.78. The largest absolute Gasteiger partial charge is 0.329 e. The van der Waals surface area contributed by atoms with E-state index in [-0.39, 0.29) is 11.9 Å². The van der Waals surface area contributed by atoms with Gasteiger partial charge in [-0.3, -0.25) is 4.90 Å². The third-order valence-electron chi connectivity index (χ3n) is 3.46. The van der Waals surface area contributed by atoms with Crippen LogP contribution < -0.4 is 5.73 Å². The second-order valence-electron chi connectivity index (χ2n) is 4.93. The lowest BCUT2D eigenvalue weighted by Crippen LogP contribution is -2.30. The van der Waals surface area contributed by atoms with E-state index in [1.807, 2.05) is 31.3 Å². The van der Waals surface area contributed by atoms with Gasteiger partial charge in [-0.1, -0.05) is 35.9 Å². The zero-order valence-electron chi connectivity index (χ0n) is 11.7. The Bertz CT molecular complexity index is 621. The summed E-state index contributed by atoms with van der Waals surface area (Å²) in [7, 11) is 1.98. The van der Waals surface area contributed by atoms with E-state index in [1.165, 1.54) is 6.07 Å². The number of nitrogens with zero attached hydrogens (tertiary/aromatic N) is 1. The summed E-state index contributed by atoms with van der Waals surface area (Å²) in [4.78, 5) is 2.11. The third-order valence-corrected chi connectivity index (χ3v) is 4.44. The molecule has 1 unspecified atom stereocenters. The number of rotatable bonds is 5. The standard InChI is InChI=1S/C16H17BrClFN2/c1-21(10-12-4-2-3-5-14(12)18)16(9-20)11-6-7-15(19)13(17)8-11/h2-8,16H,9-10,20H2,1H3. The molecule has 0 amide bonds. The third kappa shape index (κ3) is 4.04. The van der Waals surface area contributed by atoms with E-state index in [0.717, 1.165) is 16.1 Å². The molecule has 112 valence electrons. The Morgan fingerprint density at radius 3 is 2.62 bits per heavy atom. The molecule has 0 aliphatic carbocycles. The van der Waals surface area contributed by atoms with Crippen LogP contribution >= 0.6 is 27.5 Å². The molecular weight excluding hydrogens is 355 g/mol. The Balaban J connectivity index is 2.20. The second kappa shape index (κ2) is 7.36. The van der Waals surface area contributed by atoms with E-state index in [9.17, 15) is 4.39 Å². The fraction of sp³-hybridized carbons (Fsp3) is 0.250. The summed E-state index contributed by atoms with van der Waals surface area (Å²) >= 11 is 9.41. The van der Waals surface area contributed by atoms with Crippen LogP contribution in [0.4, 0.5) is 4.39 Å². The highest BCUT2D eigenvalue weighted by molar-refractivity contribution is 9.10. The fourth-order valence-electron chi connectivity index (χ4n) is 2.30. The zero-order valence-corrected chi connectivity index (χ0v) is 14.0. The Morgan fingerprint density at radius 1 is 1.29 bits per heavy atom. The molecule has 21 heavy (non-hydrogen) atoms. The lowest BCUT2D eigenvalue weighted by molar-refractivity contribution is 0.241. The second-order valence-corrected chi connectivity index (χ2v) is 6.19. The van der Waals surface area contributed by atoms with Gasteiger partial charge in [0, 0.05) is 24.2 Å². The lowest BCUT2D eigenvalue weighted by Gasteiger charge is -2.28. The van der Waals surface area contributed by atoms with Gasteiger partial charge in [-0.25, -0.2) is 4.39 Å². The maximum absolute atomic E-state index is 13.4. The molecule has 0 fully saturated rings. The van der Waals surface area contributed by atoms with Gasteiger partial charge in [0.15, 0.2) is 0 Å². The molecule has 5 heteroatoms. The summed E-state index contributed by atoms with van der Waals surface area (Å²) in [6, 6.07) is 12.7. The van der Waals surface area contributed by atoms with Crippen molar-refractivity contribution in [3.63, 3.8) is 0 Å². The topological polar surface area (TPSA) is 29.3 Å². The van der Waals surface area contributed by atoms with Crippen LogP contribution in [0.15, 0.2) is 46.9 Å². The van der Waals surface area contributed by atoms with Gasteiger partial charge in [-0.15, -0.1) is 0 Å². The van der Waals surface area contributed by atoms with Gasteiger partial charge < -0.3 is 5.73 Å². The number of hydrogen-bond donors (Lipinski definition) is 1. The van der Waals surface area contributed by atoms with Gasteiger partial charge >= 0.3 is 0 Å². The molecule has 0 radical (unpaired) electrons. The minimum absolute atomic E-state index is 0.00169. The van der Waals surface area contributed by atoms with E-state index in [0.29, 0.717) is 17.6 Å². The molecule has 0 aliphatic rings. The Morgan fingerprint density at radius 2 is 2.00 bits per heavy atom. The van der Waals surface area contributed by atoms with Gasteiger partial charge in [-0.2, -0.15) is 0 Å². The minimum Gasteiger partial charge on any atom is -0.329 e. The Labute approximate surface area is 137 Å². The van der Waals surface area contributed by atoms with Gasteiger partial charge in [0.2, 0.25) is 0 Å². The number of benzene rings is 2. The van der Waals surface area contributed by atoms with Crippen molar-refractivity contribution in [3.05, 3.63) is 68.9 Å². The molecule has 0 heterocycles. The smallest absolute Gasteiger partial charge is 0.137 e. The van der Waals surface area contributed by atoms with Crippen LogP contribution in [0.1, 0.15) is 17.2 Å². The first-order chi connectivity index (χ1) is 10.0. The summed E-state index contributed by atoms with van der Waals surface area (Å²) in [6.07, 6.45) is 0. The maximum Gasteiger partial charge on any atom is 0.137 e. The molecule has 2 aromatic carbocycles. The number of halogens is 3. The average molecular weight is 372 g/mol. The maximum atomic E-state index is 13.4.